The molecule has 1 heterocycles. The smallest absolute Gasteiger partial charge is 0.254 e. The van der Waals surface area contributed by atoms with E-state index < -0.39 is 0 Å². The molecule has 20 heavy (non-hydrogen) atoms. The first-order valence-corrected chi connectivity index (χ1v) is 6.77. The number of likely N-dealkylation sites (N-methyl/N-ethyl adjacent to an activating group) is 1. The highest BCUT2D eigenvalue weighted by Gasteiger charge is 2.14. The Bertz CT molecular complexity index is 575. The van der Waals surface area contributed by atoms with Gasteiger partial charge in [0.05, 0.1) is 50.3 Å². The molecule has 1 aromatic carbocycles. The first-order valence-electron chi connectivity index (χ1n) is 6.77. The fraction of sp³-hybridized carbons (Fsp3) is 0.333. The van der Waals surface area contributed by atoms with Gasteiger partial charge < -0.3 is 10.2 Å². The van der Waals surface area contributed by atoms with Crippen molar-refractivity contribution in [3.05, 3.63) is 47.8 Å². The fourth-order valence-electron chi connectivity index (χ4n) is 1.98. The molecular weight excluding hydrogens is 252 g/mol. The summed E-state index contributed by atoms with van der Waals surface area (Å²) < 4.78 is 1.78. The summed E-state index contributed by atoms with van der Waals surface area (Å²) in [6, 6.07) is 9.81. The van der Waals surface area contributed by atoms with E-state index in [1.807, 2.05) is 37.3 Å². The minimum absolute atomic E-state index is 0.0640. The molecule has 0 bridgehead atoms. The number of hydrogen-bond acceptors (Lipinski definition) is 2. The minimum Gasteiger partial charge on any atom is -0.346 e. The molecule has 0 aliphatic heterocycles. The molecule has 1 amide bonds. The van der Waals surface area contributed by atoms with Gasteiger partial charge >= 0.3 is 0 Å². The highest BCUT2D eigenvalue weighted by atomic mass is 16.1. The van der Waals surface area contributed by atoms with Crippen LogP contribution in [0.4, 0.5) is 0 Å². The van der Waals surface area contributed by atoms with Crippen LogP contribution in [0.5, 0.6) is 0 Å². The lowest BCUT2D eigenvalue weighted by molar-refractivity contribution is -0.856. The fourth-order valence-corrected chi connectivity index (χ4v) is 1.98. The van der Waals surface area contributed by atoms with Crippen LogP contribution in [0.2, 0.25) is 0 Å². The normalized spacial score (nSPS) is 10.8. The number of hydrogen-bond donors (Lipinski definition) is 2. The molecule has 2 rings (SSSR count). The van der Waals surface area contributed by atoms with Gasteiger partial charge in [-0.2, -0.15) is 5.10 Å². The molecule has 2 aromatic rings. The Balaban J connectivity index is 2.11. The van der Waals surface area contributed by atoms with Gasteiger partial charge in [-0.1, -0.05) is 18.2 Å². The van der Waals surface area contributed by atoms with Gasteiger partial charge in [0.1, 0.15) is 0 Å². The van der Waals surface area contributed by atoms with Crippen LogP contribution >= 0.6 is 0 Å². The third-order valence-corrected chi connectivity index (χ3v) is 3.17. The lowest BCUT2D eigenvalue weighted by atomic mass is 10.2. The molecule has 0 saturated carbocycles. The Morgan fingerprint density at radius 1 is 1.30 bits per heavy atom. The monoisotopic (exact) mass is 273 g/mol. The molecule has 2 N–H and O–H groups in total. The Morgan fingerprint density at radius 2 is 2.00 bits per heavy atom. The van der Waals surface area contributed by atoms with Crippen molar-refractivity contribution < 1.29 is 9.69 Å². The van der Waals surface area contributed by atoms with Crippen molar-refractivity contribution in [3.8, 4) is 5.69 Å². The number of benzene rings is 1. The van der Waals surface area contributed by atoms with Crippen LogP contribution < -0.4 is 10.2 Å². The highest BCUT2D eigenvalue weighted by molar-refractivity contribution is 5.95. The van der Waals surface area contributed by atoms with Crippen LogP contribution in [0.3, 0.4) is 0 Å². The Kier molecular flexibility index (Phi) is 4.53. The molecule has 0 radical (unpaired) electrons. The van der Waals surface area contributed by atoms with E-state index >= 15 is 0 Å². The molecule has 0 fully saturated rings. The zero-order chi connectivity index (χ0) is 14.5. The Hall–Kier alpha value is -2.14. The quantitative estimate of drug-likeness (QED) is 0.809. The third kappa shape index (κ3) is 3.24. The lowest BCUT2D eigenvalue weighted by Crippen LogP contribution is -3.06. The Morgan fingerprint density at radius 3 is 2.65 bits per heavy atom. The number of carbonyl (C=O) groups excluding carboxylic acids is 1. The van der Waals surface area contributed by atoms with Crippen molar-refractivity contribution in [2.45, 2.75) is 6.92 Å². The summed E-state index contributed by atoms with van der Waals surface area (Å²) in [6.07, 6.45) is 1.63. The molecule has 1 aromatic heterocycles. The maximum atomic E-state index is 12.1. The second kappa shape index (κ2) is 6.34. The van der Waals surface area contributed by atoms with Crippen molar-refractivity contribution in [1.29, 1.82) is 0 Å². The number of para-hydroxylation sites is 1. The van der Waals surface area contributed by atoms with Crippen molar-refractivity contribution in [2.24, 2.45) is 0 Å². The summed E-state index contributed by atoms with van der Waals surface area (Å²) in [4.78, 5) is 13.4. The summed E-state index contributed by atoms with van der Waals surface area (Å²) in [6.45, 7) is 3.47. The van der Waals surface area contributed by atoms with Crippen LogP contribution in [-0.2, 0) is 0 Å². The van der Waals surface area contributed by atoms with E-state index in [4.69, 9.17) is 0 Å². The van der Waals surface area contributed by atoms with Crippen molar-refractivity contribution in [3.63, 3.8) is 0 Å². The van der Waals surface area contributed by atoms with Crippen LogP contribution in [0.1, 0.15) is 16.1 Å². The summed E-state index contributed by atoms with van der Waals surface area (Å²) in [7, 11) is 4.12. The average molecular weight is 273 g/mol. The number of rotatable bonds is 5. The average Bonchev–Trinajstić information content (AvgIpc) is 2.81. The predicted octanol–water partition coefficient (Wildman–Crippen LogP) is 0.0550. The number of aromatic nitrogens is 2. The molecule has 0 saturated heterocycles. The second-order valence-electron chi connectivity index (χ2n) is 5.10. The summed E-state index contributed by atoms with van der Waals surface area (Å²) in [5.74, 6) is -0.0640. The van der Waals surface area contributed by atoms with E-state index in [1.165, 1.54) is 4.90 Å². The van der Waals surface area contributed by atoms with Gasteiger partial charge in [0, 0.05) is 0 Å². The first-order chi connectivity index (χ1) is 9.59. The molecule has 0 aliphatic rings. The molecule has 106 valence electrons. The van der Waals surface area contributed by atoms with Crippen molar-refractivity contribution in [2.75, 3.05) is 27.2 Å². The van der Waals surface area contributed by atoms with Gasteiger partial charge in [0.2, 0.25) is 0 Å². The summed E-state index contributed by atoms with van der Waals surface area (Å²) >= 11 is 0. The van der Waals surface area contributed by atoms with Crippen molar-refractivity contribution >= 4 is 5.91 Å². The standard InChI is InChI=1S/C15H20N4O/c1-12-14(15(20)16-9-10-18(2)3)11-17-19(12)13-7-5-4-6-8-13/h4-8,11H,9-10H2,1-3H3,(H,16,20)/p+1. The zero-order valence-corrected chi connectivity index (χ0v) is 12.2. The van der Waals surface area contributed by atoms with E-state index in [0.29, 0.717) is 12.1 Å². The van der Waals surface area contributed by atoms with E-state index in [-0.39, 0.29) is 5.91 Å². The molecule has 0 spiro atoms. The van der Waals surface area contributed by atoms with Gasteiger partial charge in [-0.05, 0) is 19.1 Å². The largest absolute Gasteiger partial charge is 0.346 e. The SMILES string of the molecule is Cc1c(C(=O)NCC[NH+](C)C)cnn1-c1ccccc1. The minimum atomic E-state index is -0.0640. The van der Waals surface area contributed by atoms with Crippen molar-refractivity contribution in [1.82, 2.24) is 15.1 Å². The van der Waals surface area contributed by atoms with Crippen LogP contribution in [0.25, 0.3) is 5.69 Å². The number of quaternary nitrogens is 1. The lowest BCUT2D eigenvalue weighted by Gasteiger charge is -2.08. The number of nitrogens with one attached hydrogen (secondary N) is 2. The highest BCUT2D eigenvalue weighted by Crippen LogP contribution is 2.13. The van der Waals surface area contributed by atoms with Gasteiger partial charge in [-0.25, -0.2) is 4.68 Å². The van der Waals surface area contributed by atoms with Gasteiger partial charge in [-0.15, -0.1) is 0 Å². The van der Waals surface area contributed by atoms with Gasteiger partial charge in [0.15, 0.2) is 0 Å². The second-order valence-corrected chi connectivity index (χ2v) is 5.10. The molecular formula is C15H21N4O+. The predicted molar refractivity (Wildman–Crippen MR) is 78.3 cm³/mol. The topological polar surface area (TPSA) is 51.4 Å². The van der Waals surface area contributed by atoms with Gasteiger partial charge in [-0.3, -0.25) is 4.79 Å². The van der Waals surface area contributed by atoms with E-state index in [0.717, 1.165) is 17.9 Å². The Labute approximate surface area is 119 Å². The maximum Gasteiger partial charge on any atom is 0.254 e. The molecule has 0 atom stereocenters. The van der Waals surface area contributed by atoms with E-state index in [2.05, 4.69) is 24.5 Å². The molecule has 5 heteroatoms. The summed E-state index contributed by atoms with van der Waals surface area (Å²) in [5.41, 5.74) is 2.44. The van der Waals surface area contributed by atoms with Crippen LogP contribution in [0.15, 0.2) is 36.5 Å². The molecule has 0 unspecified atom stereocenters. The number of carbonyl (C=O) groups is 1. The maximum absolute atomic E-state index is 12.1. The van der Waals surface area contributed by atoms with E-state index in [9.17, 15) is 4.79 Å². The number of amides is 1. The van der Waals surface area contributed by atoms with Crippen LogP contribution in [-0.4, -0.2) is 42.9 Å². The summed E-state index contributed by atoms with van der Waals surface area (Å²) in [5, 5.41) is 7.22. The number of nitrogens with zero attached hydrogens (tertiary/aromatic N) is 2. The molecule has 5 nitrogen and oxygen atoms in total. The molecule has 0 aliphatic carbocycles. The zero-order valence-electron chi connectivity index (χ0n) is 12.2. The third-order valence-electron chi connectivity index (χ3n) is 3.17. The van der Waals surface area contributed by atoms with Gasteiger partial charge in [0.25, 0.3) is 5.91 Å². The first kappa shape index (κ1) is 14.3. The van der Waals surface area contributed by atoms with Crippen LogP contribution in [0, 0.1) is 6.92 Å². The van der Waals surface area contributed by atoms with E-state index in [1.54, 1.807) is 10.9 Å².